The van der Waals surface area contributed by atoms with E-state index in [1.807, 2.05) is 0 Å². The third-order valence-electron chi connectivity index (χ3n) is 1.31. The van der Waals surface area contributed by atoms with Crippen molar-refractivity contribution in [2.24, 2.45) is 0 Å². The van der Waals surface area contributed by atoms with E-state index in [-0.39, 0.29) is 12.4 Å². The van der Waals surface area contributed by atoms with Crippen LogP contribution in [0.2, 0.25) is 0 Å². The van der Waals surface area contributed by atoms with Gasteiger partial charge in [0.2, 0.25) is 5.75 Å². The van der Waals surface area contributed by atoms with Crippen molar-refractivity contribution in [3.8, 4) is 5.75 Å². The van der Waals surface area contributed by atoms with Gasteiger partial charge in [-0.15, -0.1) is 0 Å². The molecular formula is C7H6BrFN2O3. The number of halogens is 2. The van der Waals surface area contributed by atoms with Crippen LogP contribution in [0.15, 0.2) is 12.3 Å². The van der Waals surface area contributed by atoms with Gasteiger partial charge in [0.25, 0.3) is 0 Å². The Morgan fingerprint density at radius 2 is 2.43 bits per heavy atom. The molecule has 0 fully saturated rings. The number of hydrogen-bond donors (Lipinski definition) is 0. The van der Waals surface area contributed by atoms with Gasteiger partial charge in [0, 0.05) is 11.4 Å². The minimum atomic E-state index is -0.719. The van der Waals surface area contributed by atoms with Gasteiger partial charge < -0.3 is 14.9 Å². The Balaban J connectivity index is 2.97. The summed E-state index contributed by atoms with van der Waals surface area (Å²) in [6.07, 6.45) is 0.777. The number of rotatable bonds is 4. The van der Waals surface area contributed by atoms with Gasteiger partial charge in [-0.2, -0.15) is 0 Å². The minimum Gasteiger partial charge on any atom is -0.485 e. The summed E-state index contributed by atoms with van der Waals surface area (Å²) in [5.41, 5.74) is 0. The maximum atomic E-state index is 12.7. The van der Waals surface area contributed by atoms with E-state index in [0.29, 0.717) is 5.33 Å². The molecule has 0 atom stereocenters. The van der Waals surface area contributed by atoms with Crippen LogP contribution in [0.5, 0.6) is 5.75 Å². The maximum absolute atomic E-state index is 12.7. The topological polar surface area (TPSA) is 65.3 Å². The lowest BCUT2D eigenvalue weighted by Gasteiger charge is -2.03. The monoisotopic (exact) mass is 264 g/mol. The Morgan fingerprint density at radius 1 is 1.71 bits per heavy atom. The number of nitro groups is 1. The summed E-state index contributed by atoms with van der Waals surface area (Å²) in [6, 6.07) is 0.938. The van der Waals surface area contributed by atoms with Gasteiger partial charge >= 0.3 is 5.82 Å². The molecule has 1 aromatic heterocycles. The molecule has 5 nitrogen and oxygen atoms in total. The first kappa shape index (κ1) is 10.8. The summed E-state index contributed by atoms with van der Waals surface area (Å²) in [5.74, 6) is -1.30. The normalized spacial score (nSPS) is 9.86. The predicted molar refractivity (Wildman–Crippen MR) is 50.1 cm³/mol. The number of pyridine rings is 1. The molecule has 0 saturated heterocycles. The first-order valence-corrected chi connectivity index (χ1v) is 4.76. The molecule has 0 aromatic carbocycles. The first-order valence-electron chi connectivity index (χ1n) is 3.64. The van der Waals surface area contributed by atoms with E-state index < -0.39 is 16.6 Å². The molecule has 0 unspecified atom stereocenters. The zero-order valence-electron chi connectivity index (χ0n) is 6.94. The Bertz CT molecular complexity index is 348. The van der Waals surface area contributed by atoms with Crippen LogP contribution < -0.4 is 4.74 Å². The van der Waals surface area contributed by atoms with Crippen LogP contribution >= 0.6 is 15.9 Å². The Kier molecular flexibility index (Phi) is 3.75. The Morgan fingerprint density at radius 3 is 3.00 bits per heavy atom. The standard InChI is InChI=1S/C7H6BrFN2O3/c8-1-2-14-6-3-5(9)4-10-7(6)11(12)13/h3-4H,1-2H2. The first-order chi connectivity index (χ1) is 6.65. The summed E-state index contributed by atoms with van der Waals surface area (Å²) in [4.78, 5) is 13.0. The summed E-state index contributed by atoms with van der Waals surface area (Å²) < 4.78 is 17.6. The van der Waals surface area contributed by atoms with Crippen LogP contribution in [0.25, 0.3) is 0 Å². The zero-order valence-corrected chi connectivity index (χ0v) is 8.53. The van der Waals surface area contributed by atoms with Crippen LogP contribution in [0.4, 0.5) is 10.2 Å². The van der Waals surface area contributed by atoms with E-state index in [2.05, 4.69) is 20.9 Å². The molecular weight excluding hydrogens is 259 g/mol. The van der Waals surface area contributed by atoms with Crippen molar-refractivity contribution in [1.82, 2.24) is 4.98 Å². The molecule has 1 aromatic rings. The highest BCUT2D eigenvalue weighted by molar-refractivity contribution is 9.09. The largest absolute Gasteiger partial charge is 0.485 e. The van der Waals surface area contributed by atoms with Crippen molar-refractivity contribution in [3.63, 3.8) is 0 Å². The van der Waals surface area contributed by atoms with Crippen LogP contribution in [0, 0.1) is 15.9 Å². The second-order valence-electron chi connectivity index (χ2n) is 2.27. The second kappa shape index (κ2) is 4.85. The van der Waals surface area contributed by atoms with Crippen LogP contribution in [0.3, 0.4) is 0 Å². The number of ether oxygens (including phenoxy) is 1. The number of aromatic nitrogens is 1. The highest BCUT2D eigenvalue weighted by atomic mass is 79.9. The molecule has 0 radical (unpaired) electrons. The fourth-order valence-corrected chi connectivity index (χ4v) is 0.967. The summed E-state index contributed by atoms with van der Waals surface area (Å²) in [6.45, 7) is 0.214. The van der Waals surface area contributed by atoms with Gasteiger partial charge in [0.15, 0.2) is 12.0 Å². The molecule has 0 amide bonds. The van der Waals surface area contributed by atoms with Crippen molar-refractivity contribution in [1.29, 1.82) is 0 Å². The van der Waals surface area contributed by atoms with Gasteiger partial charge in [-0.3, -0.25) is 0 Å². The highest BCUT2D eigenvalue weighted by Gasteiger charge is 2.17. The molecule has 0 aliphatic heterocycles. The molecule has 1 heterocycles. The van der Waals surface area contributed by atoms with Gasteiger partial charge in [-0.05, 0) is 9.91 Å². The smallest absolute Gasteiger partial charge is 0.406 e. The maximum Gasteiger partial charge on any atom is 0.406 e. The van der Waals surface area contributed by atoms with E-state index in [1.165, 1.54) is 0 Å². The molecule has 0 spiro atoms. The third-order valence-corrected chi connectivity index (χ3v) is 1.63. The van der Waals surface area contributed by atoms with Gasteiger partial charge in [-0.25, -0.2) is 4.39 Å². The van der Waals surface area contributed by atoms with Crippen molar-refractivity contribution in [2.45, 2.75) is 0 Å². The predicted octanol–water partition coefficient (Wildman–Crippen LogP) is 1.90. The summed E-state index contributed by atoms with van der Waals surface area (Å²) in [7, 11) is 0. The van der Waals surface area contributed by atoms with Gasteiger partial charge in [0.1, 0.15) is 0 Å². The number of hydrogen-bond acceptors (Lipinski definition) is 4. The fourth-order valence-electron chi connectivity index (χ4n) is 0.805. The van der Waals surface area contributed by atoms with Gasteiger partial charge in [0.05, 0.1) is 6.61 Å². The lowest BCUT2D eigenvalue weighted by atomic mass is 10.4. The molecule has 0 bridgehead atoms. The van der Waals surface area contributed by atoms with E-state index in [1.54, 1.807) is 0 Å². The lowest BCUT2D eigenvalue weighted by molar-refractivity contribution is -0.390. The van der Waals surface area contributed by atoms with Crippen LogP contribution in [0.1, 0.15) is 0 Å². The van der Waals surface area contributed by atoms with E-state index in [9.17, 15) is 14.5 Å². The fraction of sp³-hybridized carbons (Fsp3) is 0.286. The van der Waals surface area contributed by atoms with E-state index in [0.717, 1.165) is 12.3 Å². The Labute approximate surface area is 87.2 Å². The van der Waals surface area contributed by atoms with Crippen molar-refractivity contribution in [3.05, 3.63) is 28.2 Å². The van der Waals surface area contributed by atoms with E-state index in [4.69, 9.17) is 4.74 Å². The molecule has 0 N–H and O–H groups in total. The Hall–Kier alpha value is -1.24. The summed E-state index contributed by atoms with van der Waals surface area (Å²) in [5, 5.41) is 10.9. The highest BCUT2D eigenvalue weighted by Crippen LogP contribution is 2.24. The third kappa shape index (κ3) is 2.63. The molecule has 14 heavy (non-hydrogen) atoms. The van der Waals surface area contributed by atoms with E-state index >= 15 is 0 Å². The SMILES string of the molecule is O=[N+]([O-])c1ncc(F)cc1OCCBr. The molecule has 0 saturated carbocycles. The minimum absolute atomic E-state index is 0.158. The molecule has 76 valence electrons. The van der Waals surface area contributed by atoms with Crippen molar-refractivity contribution in [2.75, 3.05) is 11.9 Å². The molecule has 1 rings (SSSR count). The number of alkyl halides is 1. The molecule has 7 heteroatoms. The quantitative estimate of drug-likeness (QED) is 0.473. The van der Waals surface area contributed by atoms with Crippen molar-refractivity contribution >= 4 is 21.7 Å². The van der Waals surface area contributed by atoms with Crippen molar-refractivity contribution < 1.29 is 14.1 Å². The summed E-state index contributed by atoms with van der Waals surface area (Å²) >= 11 is 3.08. The molecule has 0 aliphatic carbocycles. The second-order valence-corrected chi connectivity index (χ2v) is 3.06. The van der Waals surface area contributed by atoms with Crippen LogP contribution in [-0.4, -0.2) is 21.8 Å². The zero-order chi connectivity index (χ0) is 10.6. The average Bonchev–Trinajstić information content (AvgIpc) is 2.14. The van der Waals surface area contributed by atoms with Crippen LogP contribution in [-0.2, 0) is 0 Å². The lowest BCUT2D eigenvalue weighted by Crippen LogP contribution is -2.03. The van der Waals surface area contributed by atoms with Gasteiger partial charge in [-0.1, -0.05) is 15.9 Å². The number of nitrogens with zero attached hydrogens (tertiary/aromatic N) is 2. The average molecular weight is 265 g/mol. The molecule has 0 aliphatic rings.